The number of benzene rings is 1. The lowest BCUT2D eigenvalue weighted by atomic mass is 10.00. The summed E-state index contributed by atoms with van der Waals surface area (Å²) in [5.41, 5.74) is 0.204. The first-order chi connectivity index (χ1) is 9.34. The molecule has 8 heteroatoms. The van der Waals surface area contributed by atoms with E-state index in [0.717, 1.165) is 0 Å². The molecule has 6 nitrogen and oxygen atoms in total. The van der Waals surface area contributed by atoms with Gasteiger partial charge in [-0.05, 0) is 24.1 Å². The molecule has 1 aliphatic heterocycles. The number of nitrogens with zero attached hydrogens (tertiary/aromatic N) is 2. The smallest absolute Gasteiger partial charge is 0.303 e. The van der Waals surface area contributed by atoms with Gasteiger partial charge in [-0.25, -0.2) is 8.42 Å². The summed E-state index contributed by atoms with van der Waals surface area (Å²) in [7, 11) is -3.78. The maximum Gasteiger partial charge on any atom is 0.303 e. The van der Waals surface area contributed by atoms with Crippen LogP contribution in [0.5, 0.6) is 0 Å². The Hall–Kier alpha value is -1.62. The highest BCUT2D eigenvalue weighted by atomic mass is 35.5. The van der Waals surface area contributed by atoms with Crippen molar-refractivity contribution in [3.63, 3.8) is 0 Å². The van der Waals surface area contributed by atoms with E-state index in [1.165, 1.54) is 22.5 Å². The highest BCUT2D eigenvalue weighted by Gasteiger charge is 2.38. The molecule has 0 amide bonds. The first-order valence-electron chi connectivity index (χ1n) is 5.76. The average Bonchev–Trinajstić information content (AvgIpc) is 2.33. The normalized spacial score (nSPS) is 16.4. The van der Waals surface area contributed by atoms with Crippen molar-refractivity contribution in [2.24, 2.45) is 5.92 Å². The molecule has 0 saturated carbocycles. The summed E-state index contributed by atoms with van der Waals surface area (Å²) in [5.74, 6) is -1.13. The molecule has 106 valence electrons. The molecule has 0 aliphatic carbocycles. The van der Waals surface area contributed by atoms with Crippen molar-refractivity contribution in [2.45, 2.75) is 11.3 Å². The van der Waals surface area contributed by atoms with Gasteiger partial charge in [-0.2, -0.15) is 9.57 Å². The van der Waals surface area contributed by atoms with Crippen LogP contribution in [0.15, 0.2) is 23.1 Å². The van der Waals surface area contributed by atoms with E-state index in [1.807, 2.05) is 6.07 Å². The van der Waals surface area contributed by atoms with Crippen LogP contribution < -0.4 is 0 Å². The van der Waals surface area contributed by atoms with Crippen LogP contribution in [0.1, 0.15) is 12.0 Å². The Morgan fingerprint density at radius 3 is 2.70 bits per heavy atom. The fraction of sp³-hybridized carbons (Fsp3) is 0.333. The molecule has 0 spiro atoms. The molecule has 0 atom stereocenters. The molecule has 1 N–H and O–H groups in total. The monoisotopic (exact) mass is 314 g/mol. The summed E-state index contributed by atoms with van der Waals surface area (Å²) in [6.45, 7) is 0.309. The van der Waals surface area contributed by atoms with Gasteiger partial charge in [0, 0.05) is 13.1 Å². The zero-order chi connectivity index (χ0) is 14.9. The summed E-state index contributed by atoms with van der Waals surface area (Å²) in [6.07, 6.45) is -0.0576. The summed E-state index contributed by atoms with van der Waals surface area (Å²) < 4.78 is 25.8. The molecule has 1 heterocycles. The Morgan fingerprint density at radius 2 is 2.15 bits per heavy atom. The number of carbonyl (C=O) groups is 1. The van der Waals surface area contributed by atoms with Gasteiger partial charge in [-0.3, -0.25) is 4.79 Å². The van der Waals surface area contributed by atoms with E-state index in [1.54, 1.807) is 0 Å². The molecule has 0 aromatic heterocycles. The fourth-order valence-corrected chi connectivity index (χ4v) is 4.10. The minimum absolute atomic E-state index is 0.0469. The average molecular weight is 315 g/mol. The summed E-state index contributed by atoms with van der Waals surface area (Å²) in [5, 5.41) is 17.5. The molecule has 1 aromatic rings. The van der Waals surface area contributed by atoms with Gasteiger partial charge in [-0.15, -0.1) is 0 Å². The van der Waals surface area contributed by atoms with Crippen LogP contribution in [0.2, 0.25) is 5.02 Å². The Bertz CT molecular complexity index is 690. The van der Waals surface area contributed by atoms with Crippen LogP contribution in [0.4, 0.5) is 0 Å². The number of halogens is 1. The maximum absolute atomic E-state index is 12.3. The third-order valence-corrected chi connectivity index (χ3v) is 5.38. The third kappa shape index (κ3) is 2.77. The number of aliphatic carboxylic acids is 1. The van der Waals surface area contributed by atoms with Crippen LogP contribution >= 0.6 is 11.6 Å². The number of rotatable bonds is 4. The van der Waals surface area contributed by atoms with Gasteiger partial charge in [0.05, 0.1) is 23.1 Å². The lowest BCUT2D eigenvalue weighted by Crippen LogP contribution is -2.50. The summed E-state index contributed by atoms with van der Waals surface area (Å²) in [6, 6.07) is 5.88. The van der Waals surface area contributed by atoms with E-state index in [0.29, 0.717) is 0 Å². The summed E-state index contributed by atoms with van der Waals surface area (Å²) >= 11 is 5.87. The van der Waals surface area contributed by atoms with Gasteiger partial charge in [0.1, 0.15) is 4.90 Å². The van der Waals surface area contributed by atoms with E-state index in [-0.39, 0.29) is 40.9 Å². The van der Waals surface area contributed by atoms with Crippen molar-refractivity contribution < 1.29 is 18.3 Å². The zero-order valence-electron chi connectivity index (χ0n) is 10.3. The number of hydrogen-bond donors (Lipinski definition) is 1. The van der Waals surface area contributed by atoms with Gasteiger partial charge >= 0.3 is 5.97 Å². The van der Waals surface area contributed by atoms with Gasteiger partial charge in [0.25, 0.3) is 0 Å². The first-order valence-corrected chi connectivity index (χ1v) is 7.58. The number of sulfonamides is 1. The number of carboxylic acid groups (broad SMARTS) is 1. The lowest BCUT2D eigenvalue weighted by molar-refractivity contribution is -0.139. The number of nitriles is 1. The SMILES string of the molecule is N#Cc1ccc(Cl)c(S(=O)(=O)N2CC(CC(=O)O)C2)c1. The highest BCUT2D eigenvalue weighted by molar-refractivity contribution is 7.89. The lowest BCUT2D eigenvalue weighted by Gasteiger charge is -2.37. The van der Waals surface area contributed by atoms with Crippen LogP contribution in [0.3, 0.4) is 0 Å². The fourth-order valence-electron chi connectivity index (χ4n) is 2.00. The molecule has 20 heavy (non-hydrogen) atoms. The Morgan fingerprint density at radius 1 is 1.50 bits per heavy atom. The topological polar surface area (TPSA) is 98.5 Å². The molecular formula is C12H11ClN2O4S. The maximum atomic E-state index is 12.3. The molecular weight excluding hydrogens is 304 g/mol. The second-order valence-corrected chi connectivity index (χ2v) is 6.86. The second kappa shape index (κ2) is 5.40. The van der Waals surface area contributed by atoms with Gasteiger partial charge < -0.3 is 5.11 Å². The van der Waals surface area contributed by atoms with E-state index >= 15 is 0 Å². The quantitative estimate of drug-likeness (QED) is 0.903. The van der Waals surface area contributed by atoms with Gasteiger partial charge in [0.2, 0.25) is 10.0 Å². The second-order valence-electron chi connectivity index (χ2n) is 4.54. The standard InChI is InChI=1S/C12H11ClN2O4S/c13-10-2-1-8(5-14)3-11(10)20(18,19)15-6-9(7-15)4-12(16)17/h1-3,9H,4,6-7H2,(H,16,17). The van der Waals surface area contributed by atoms with Crippen LogP contribution in [0, 0.1) is 17.2 Å². The van der Waals surface area contributed by atoms with E-state index in [9.17, 15) is 13.2 Å². The first kappa shape index (κ1) is 14.8. The minimum Gasteiger partial charge on any atom is -0.481 e. The Labute approximate surface area is 121 Å². The zero-order valence-corrected chi connectivity index (χ0v) is 11.9. The number of hydrogen-bond acceptors (Lipinski definition) is 4. The van der Waals surface area contributed by atoms with E-state index < -0.39 is 16.0 Å². The molecule has 2 rings (SSSR count). The molecule has 1 fully saturated rings. The summed E-state index contributed by atoms with van der Waals surface area (Å²) in [4.78, 5) is 10.4. The Balaban J connectivity index is 2.21. The predicted molar refractivity (Wildman–Crippen MR) is 70.7 cm³/mol. The minimum atomic E-state index is -3.78. The van der Waals surface area contributed by atoms with Crippen LogP contribution in [-0.4, -0.2) is 36.9 Å². The molecule has 1 aromatic carbocycles. The van der Waals surface area contributed by atoms with Crippen molar-refractivity contribution in [3.8, 4) is 6.07 Å². The number of carboxylic acids is 1. The van der Waals surface area contributed by atoms with Gasteiger partial charge in [0.15, 0.2) is 0 Å². The molecule has 0 bridgehead atoms. The van der Waals surface area contributed by atoms with Crippen LogP contribution in [-0.2, 0) is 14.8 Å². The largest absolute Gasteiger partial charge is 0.481 e. The molecule has 0 radical (unpaired) electrons. The van der Waals surface area contributed by atoms with E-state index in [4.69, 9.17) is 22.0 Å². The molecule has 1 aliphatic rings. The van der Waals surface area contributed by atoms with Crippen molar-refractivity contribution in [1.82, 2.24) is 4.31 Å². The van der Waals surface area contributed by atoms with Gasteiger partial charge in [-0.1, -0.05) is 11.6 Å². The third-order valence-electron chi connectivity index (χ3n) is 3.07. The molecule has 1 saturated heterocycles. The van der Waals surface area contributed by atoms with Crippen molar-refractivity contribution >= 4 is 27.6 Å². The van der Waals surface area contributed by atoms with Crippen molar-refractivity contribution in [3.05, 3.63) is 28.8 Å². The van der Waals surface area contributed by atoms with Crippen molar-refractivity contribution in [1.29, 1.82) is 5.26 Å². The van der Waals surface area contributed by atoms with Crippen molar-refractivity contribution in [2.75, 3.05) is 13.1 Å². The van der Waals surface area contributed by atoms with Crippen LogP contribution in [0.25, 0.3) is 0 Å². The highest BCUT2D eigenvalue weighted by Crippen LogP contribution is 2.31. The predicted octanol–water partition coefficient (Wildman–Crippen LogP) is 1.31. The van der Waals surface area contributed by atoms with E-state index in [2.05, 4.69) is 0 Å². The molecule has 0 unspecified atom stereocenters. The Kier molecular flexibility index (Phi) is 3.99.